The van der Waals surface area contributed by atoms with E-state index in [1.165, 1.54) is 12.3 Å². The van der Waals surface area contributed by atoms with Gasteiger partial charge in [-0.2, -0.15) is 5.26 Å². The van der Waals surface area contributed by atoms with Crippen LogP contribution in [0.5, 0.6) is 5.75 Å². The Balaban J connectivity index is 1.56. The predicted molar refractivity (Wildman–Crippen MR) is 143 cm³/mol. The molecular weight excluding hydrogens is 454 g/mol. The van der Waals surface area contributed by atoms with Gasteiger partial charge >= 0.3 is 0 Å². The highest BCUT2D eigenvalue weighted by molar-refractivity contribution is 6.02. The molecule has 1 aromatic heterocycles. The Morgan fingerprint density at radius 3 is 2.56 bits per heavy atom. The van der Waals surface area contributed by atoms with Crippen molar-refractivity contribution in [2.45, 2.75) is 6.54 Å². The van der Waals surface area contributed by atoms with Gasteiger partial charge in [0.1, 0.15) is 17.6 Å². The summed E-state index contributed by atoms with van der Waals surface area (Å²) >= 11 is 0. The number of aromatic nitrogens is 1. The second-order valence-corrected chi connectivity index (χ2v) is 8.59. The maximum Gasteiger partial charge on any atom is 0.247 e. The lowest BCUT2D eigenvalue weighted by molar-refractivity contribution is -0.111. The molecule has 0 atom stereocenters. The van der Waals surface area contributed by atoms with E-state index in [0.29, 0.717) is 35.0 Å². The van der Waals surface area contributed by atoms with Crippen LogP contribution in [0.2, 0.25) is 0 Å². The lowest BCUT2D eigenvalue weighted by atomic mass is 10.1. The molecule has 4 rings (SSSR count). The molecule has 4 N–H and O–H groups in total. The standard InChI is InChI=1S/C27H29N7O2/c1-3-27(36)32-25-14-21(34-12-10-33(2)11-13-34)6-9-23(25)31-26-15-24(20(16-28)18-30-26)29-17-19-4-7-22(35)8-5-19/h3-9,14-15,18,35H,1,10-13,17H2,2H3,(H,32,36)(H2,29,30,31). The first kappa shape index (κ1) is 24.6. The zero-order chi connectivity index (χ0) is 25.5. The summed E-state index contributed by atoms with van der Waals surface area (Å²) in [7, 11) is 2.11. The summed E-state index contributed by atoms with van der Waals surface area (Å²) in [6, 6.07) is 16.6. The summed E-state index contributed by atoms with van der Waals surface area (Å²) in [5.74, 6) is 0.408. The average Bonchev–Trinajstić information content (AvgIpc) is 2.90. The molecule has 0 spiro atoms. The average molecular weight is 484 g/mol. The number of likely N-dealkylation sites (N-methyl/N-ethyl adjacent to an activating group) is 1. The van der Waals surface area contributed by atoms with Gasteiger partial charge in [-0.1, -0.05) is 18.7 Å². The molecule has 9 nitrogen and oxygen atoms in total. The van der Waals surface area contributed by atoms with Gasteiger partial charge in [0.15, 0.2) is 0 Å². The van der Waals surface area contributed by atoms with Gasteiger partial charge < -0.3 is 30.9 Å². The SMILES string of the molecule is C=CC(=O)Nc1cc(N2CCN(C)CC2)ccc1Nc1cc(NCc2ccc(O)cc2)c(C#N)cn1. The van der Waals surface area contributed by atoms with Crippen LogP contribution < -0.4 is 20.9 Å². The first-order valence-corrected chi connectivity index (χ1v) is 11.6. The van der Waals surface area contributed by atoms with Crippen molar-refractivity contribution in [3.8, 4) is 11.8 Å². The van der Waals surface area contributed by atoms with Gasteiger partial charge in [0, 0.05) is 50.7 Å². The third-order valence-corrected chi connectivity index (χ3v) is 6.02. The Bertz CT molecular complexity index is 1280. The molecule has 0 radical (unpaired) electrons. The smallest absolute Gasteiger partial charge is 0.247 e. The van der Waals surface area contributed by atoms with Crippen LogP contribution >= 0.6 is 0 Å². The number of rotatable bonds is 8. The number of amides is 1. The summed E-state index contributed by atoms with van der Waals surface area (Å²) in [6.07, 6.45) is 2.74. The van der Waals surface area contributed by atoms with Crippen LogP contribution in [0.15, 0.2) is 67.4 Å². The Labute approximate surface area is 210 Å². The van der Waals surface area contributed by atoms with Crippen molar-refractivity contribution < 1.29 is 9.90 Å². The lowest BCUT2D eigenvalue weighted by Crippen LogP contribution is -2.44. The summed E-state index contributed by atoms with van der Waals surface area (Å²) in [6.45, 7) is 7.80. The van der Waals surface area contributed by atoms with Crippen molar-refractivity contribution in [3.63, 3.8) is 0 Å². The van der Waals surface area contributed by atoms with Crippen LogP contribution in [0, 0.1) is 11.3 Å². The highest BCUT2D eigenvalue weighted by Crippen LogP contribution is 2.31. The maximum absolute atomic E-state index is 12.1. The third-order valence-electron chi connectivity index (χ3n) is 6.02. The number of nitrogens with zero attached hydrogens (tertiary/aromatic N) is 4. The van der Waals surface area contributed by atoms with Crippen molar-refractivity contribution in [1.82, 2.24) is 9.88 Å². The van der Waals surface area contributed by atoms with E-state index in [-0.39, 0.29) is 11.7 Å². The molecule has 9 heteroatoms. The van der Waals surface area contributed by atoms with Crippen LogP contribution in [0.4, 0.5) is 28.6 Å². The molecule has 0 bridgehead atoms. The molecule has 1 aliphatic rings. The minimum atomic E-state index is -0.308. The number of nitriles is 1. The number of piperazine rings is 1. The highest BCUT2D eigenvalue weighted by atomic mass is 16.3. The molecule has 184 valence electrons. The largest absolute Gasteiger partial charge is 0.508 e. The Morgan fingerprint density at radius 1 is 1.11 bits per heavy atom. The Hall–Kier alpha value is -4.55. The van der Waals surface area contributed by atoms with Gasteiger partial charge in [0.25, 0.3) is 0 Å². The van der Waals surface area contributed by atoms with Crippen molar-refractivity contribution in [2.24, 2.45) is 0 Å². The summed E-state index contributed by atoms with van der Waals surface area (Å²) in [5.41, 5.74) is 4.29. The quantitative estimate of drug-likeness (QED) is 0.357. The molecule has 0 aliphatic carbocycles. The zero-order valence-corrected chi connectivity index (χ0v) is 20.2. The predicted octanol–water partition coefficient (Wildman–Crippen LogP) is 3.89. The lowest BCUT2D eigenvalue weighted by Gasteiger charge is -2.34. The van der Waals surface area contributed by atoms with E-state index in [1.807, 2.05) is 30.3 Å². The summed E-state index contributed by atoms with van der Waals surface area (Å²) < 4.78 is 0. The van der Waals surface area contributed by atoms with Gasteiger partial charge in [-0.3, -0.25) is 4.79 Å². The molecule has 0 saturated carbocycles. The number of aromatic hydroxyl groups is 1. The van der Waals surface area contributed by atoms with Gasteiger partial charge in [-0.05, 0) is 49.0 Å². The fourth-order valence-electron chi connectivity index (χ4n) is 3.90. The monoisotopic (exact) mass is 483 g/mol. The highest BCUT2D eigenvalue weighted by Gasteiger charge is 2.17. The van der Waals surface area contributed by atoms with E-state index in [2.05, 4.69) is 50.4 Å². The van der Waals surface area contributed by atoms with Crippen molar-refractivity contribution in [1.29, 1.82) is 5.26 Å². The number of hydrogen-bond donors (Lipinski definition) is 4. The number of anilines is 5. The van der Waals surface area contributed by atoms with E-state index in [4.69, 9.17) is 0 Å². The fourth-order valence-corrected chi connectivity index (χ4v) is 3.90. The molecule has 1 aliphatic heterocycles. The molecule has 1 saturated heterocycles. The number of phenolic OH excluding ortho intramolecular Hbond substituents is 1. The number of carbonyl (C=O) groups is 1. The van der Waals surface area contributed by atoms with E-state index in [1.54, 1.807) is 18.2 Å². The van der Waals surface area contributed by atoms with Crippen molar-refractivity contribution in [2.75, 3.05) is 54.1 Å². The fraction of sp³-hybridized carbons (Fsp3) is 0.222. The first-order valence-electron chi connectivity index (χ1n) is 11.6. The molecular formula is C27H29N7O2. The Kier molecular flexibility index (Phi) is 7.68. The minimum Gasteiger partial charge on any atom is -0.508 e. The van der Waals surface area contributed by atoms with E-state index in [0.717, 1.165) is 37.4 Å². The normalized spacial score (nSPS) is 13.5. The Morgan fingerprint density at radius 2 is 1.86 bits per heavy atom. The second-order valence-electron chi connectivity index (χ2n) is 8.59. The van der Waals surface area contributed by atoms with Crippen molar-refractivity contribution in [3.05, 3.63) is 78.5 Å². The van der Waals surface area contributed by atoms with E-state index >= 15 is 0 Å². The molecule has 2 heterocycles. The summed E-state index contributed by atoms with van der Waals surface area (Å²) in [4.78, 5) is 21.1. The van der Waals surface area contributed by atoms with Crippen LogP contribution in [-0.4, -0.2) is 54.1 Å². The van der Waals surface area contributed by atoms with Crippen LogP contribution in [-0.2, 0) is 11.3 Å². The molecule has 1 fully saturated rings. The summed E-state index contributed by atoms with van der Waals surface area (Å²) in [5, 5.41) is 28.4. The van der Waals surface area contributed by atoms with E-state index in [9.17, 15) is 15.2 Å². The maximum atomic E-state index is 12.1. The van der Waals surface area contributed by atoms with Gasteiger partial charge in [0.2, 0.25) is 5.91 Å². The third kappa shape index (κ3) is 6.11. The van der Waals surface area contributed by atoms with Crippen LogP contribution in [0.25, 0.3) is 0 Å². The van der Waals surface area contributed by atoms with Gasteiger partial charge in [-0.15, -0.1) is 0 Å². The van der Waals surface area contributed by atoms with Gasteiger partial charge in [-0.25, -0.2) is 4.98 Å². The minimum absolute atomic E-state index is 0.199. The number of benzene rings is 2. The molecule has 36 heavy (non-hydrogen) atoms. The molecule has 3 aromatic rings. The van der Waals surface area contributed by atoms with Crippen LogP contribution in [0.3, 0.4) is 0 Å². The number of pyridine rings is 1. The number of phenols is 1. The second kappa shape index (κ2) is 11.3. The van der Waals surface area contributed by atoms with Crippen molar-refractivity contribution >= 4 is 34.5 Å². The zero-order valence-electron chi connectivity index (χ0n) is 20.2. The number of hydrogen-bond acceptors (Lipinski definition) is 8. The molecule has 2 aromatic carbocycles. The number of nitrogens with one attached hydrogen (secondary N) is 3. The van der Waals surface area contributed by atoms with Crippen LogP contribution in [0.1, 0.15) is 11.1 Å². The molecule has 0 unspecified atom stereocenters. The van der Waals surface area contributed by atoms with Gasteiger partial charge in [0.05, 0.1) is 22.6 Å². The number of carbonyl (C=O) groups excluding carboxylic acids is 1. The van der Waals surface area contributed by atoms with E-state index < -0.39 is 0 Å². The first-order chi connectivity index (χ1) is 17.4. The molecule has 1 amide bonds. The topological polar surface area (TPSA) is 117 Å².